The van der Waals surface area contributed by atoms with E-state index in [2.05, 4.69) is 22.5 Å². The largest absolute Gasteiger partial charge is 0.355 e. The average molecular weight is 298 g/mol. The Morgan fingerprint density at radius 3 is 2.64 bits per heavy atom. The molecule has 22 heavy (non-hydrogen) atoms. The summed E-state index contributed by atoms with van der Waals surface area (Å²) in [5.74, 6) is 5.99. The summed E-state index contributed by atoms with van der Waals surface area (Å²) in [6, 6.07) is 7.20. The van der Waals surface area contributed by atoms with Crippen molar-refractivity contribution >= 4 is 11.8 Å². The fourth-order valence-corrected chi connectivity index (χ4v) is 2.70. The average Bonchev–Trinajstić information content (AvgIpc) is 2.59. The minimum atomic E-state index is -0.156. The van der Waals surface area contributed by atoms with Crippen LogP contribution < -0.4 is 10.6 Å². The molecular weight excluding hydrogens is 276 g/mol. The number of amides is 2. The summed E-state index contributed by atoms with van der Waals surface area (Å²) < 4.78 is 0. The maximum Gasteiger partial charge on any atom is 0.252 e. The van der Waals surface area contributed by atoms with Gasteiger partial charge in [0.25, 0.3) is 5.91 Å². The monoisotopic (exact) mass is 298 g/mol. The van der Waals surface area contributed by atoms with E-state index in [0.29, 0.717) is 17.7 Å². The molecule has 0 saturated heterocycles. The molecule has 1 saturated carbocycles. The lowest BCUT2D eigenvalue weighted by molar-refractivity contribution is -0.125. The lowest BCUT2D eigenvalue weighted by Crippen LogP contribution is -2.32. The molecule has 0 bridgehead atoms. The predicted octanol–water partition coefficient (Wildman–Crippen LogP) is 2.09. The first kappa shape index (κ1) is 16.1. The van der Waals surface area contributed by atoms with Crippen LogP contribution in [0.15, 0.2) is 24.3 Å². The number of benzene rings is 1. The van der Waals surface area contributed by atoms with Crippen LogP contribution in [0.2, 0.25) is 0 Å². The van der Waals surface area contributed by atoms with E-state index in [4.69, 9.17) is 0 Å². The summed E-state index contributed by atoms with van der Waals surface area (Å²) >= 11 is 0. The van der Waals surface area contributed by atoms with Gasteiger partial charge in [-0.15, -0.1) is 0 Å². The molecule has 0 aliphatic heterocycles. The van der Waals surface area contributed by atoms with Crippen molar-refractivity contribution < 1.29 is 9.59 Å². The number of carbonyl (C=O) groups excluding carboxylic acids is 2. The summed E-state index contributed by atoms with van der Waals surface area (Å²) in [5.41, 5.74) is 1.23. The van der Waals surface area contributed by atoms with Gasteiger partial charge < -0.3 is 10.6 Å². The number of carbonyl (C=O) groups is 2. The standard InChI is InChI=1S/C18H22N2O2/c1-19-18(22)16-12-6-5-8-14(16)11-7-13-20-17(21)15-9-3-2-4-10-15/h5-6,8,12,15H,2-4,9-10,13H2,1H3,(H,19,22)(H,20,21). The quantitative estimate of drug-likeness (QED) is 0.840. The molecule has 2 rings (SSSR count). The molecule has 0 heterocycles. The van der Waals surface area contributed by atoms with Gasteiger partial charge in [-0.25, -0.2) is 0 Å². The van der Waals surface area contributed by atoms with E-state index < -0.39 is 0 Å². The molecule has 1 aromatic rings. The van der Waals surface area contributed by atoms with Gasteiger partial charge in [0.05, 0.1) is 12.1 Å². The Morgan fingerprint density at radius 1 is 1.18 bits per heavy atom. The van der Waals surface area contributed by atoms with E-state index >= 15 is 0 Å². The van der Waals surface area contributed by atoms with Gasteiger partial charge in [-0.05, 0) is 25.0 Å². The van der Waals surface area contributed by atoms with E-state index in [1.54, 1.807) is 25.2 Å². The normalized spacial score (nSPS) is 14.6. The zero-order valence-electron chi connectivity index (χ0n) is 12.9. The van der Waals surface area contributed by atoms with Gasteiger partial charge >= 0.3 is 0 Å². The van der Waals surface area contributed by atoms with Crippen molar-refractivity contribution in [1.29, 1.82) is 0 Å². The second-order valence-corrected chi connectivity index (χ2v) is 5.48. The summed E-state index contributed by atoms with van der Waals surface area (Å²) in [7, 11) is 1.59. The summed E-state index contributed by atoms with van der Waals surface area (Å²) in [5, 5.41) is 5.47. The third-order valence-electron chi connectivity index (χ3n) is 3.95. The first-order chi connectivity index (χ1) is 10.7. The number of nitrogens with one attached hydrogen (secondary N) is 2. The van der Waals surface area contributed by atoms with Gasteiger partial charge in [0.2, 0.25) is 5.91 Å². The van der Waals surface area contributed by atoms with E-state index in [0.717, 1.165) is 25.7 Å². The molecule has 0 spiro atoms. The second-order valence-electron chi connectivity index (χ2n) is 5.48. The molecule has 2 N–H and O–H groups in total. The molecule has 1 aromatic carbocycles. The predicted molar refractivity (Wildman–Crippen MR) is 86.3 cm³/mol. The van der Waals surface area contributed by atoms with E-state index in [1.165, 1.54) is 6.42 Å². The SMILES string of the molecule is CNC(=O)c1ccccc1C#CCNC(=O)C1CCCCC1. The molecule has 2 amide bonds. The fourth-order valence-electron chi connectivity index (χ4n) is 2.70. The molecule has 1 aliphatic carbocycles. The van der Waals surface area contributed by atoms with Crippen molar-refractivity contribution in [2.24, 2.45) is 5.92 Å². The van der Waals surface area contributed by atoms with Crippen molar-refractivity contribution in [3.63, 3.8) is 0 Å². The van der Waals surface area contributed by atoms with Gasteiger partial charge in [0.15, 0.2) is 0 Å². The third-order valence-corrected chi connectivity index (χ3v) is 3.95. The lowest BCUT2D eigenvalue weighted by atomic mass is 9.89. The maximum absolute atomic E-state index is 12.0. The zero-order chi connectivity index (χ0) is 15.8. The highest BCUT2D eigenvalue weighted by Crippen LogP contribution is 2.23. The van der Waals surface area contributed by atoms with Crippen molar-refractivity contribution in [2.45, 2.75) is 32.1 Å². The molecule has 116 valence electrons. The third kappa shape index (κ3) is 4.36. The van der Waals surface area contributed by atoms with Crippen LogP contribution in [0.1, 0.15) is 48.0 Å². The Balaban J connectivity index is 1.91. The first-order valence-corrected chi connectivity index (χ1v) is 7.80. The molecule has 0 unspecified atom stereocenters. The van der Waals surface area contributed by atoms with Gasteiger partial charge in [-0.2, -0.15) is 0 Å². The second kappa shape index (κ2) is 8.23. The van der Waals surface area contributed by atoms with Crippen LogP contribution in [0.3, 0.4) is 0 Å². The van der Waals surface area contributed by atoms with Crippen LogP contribution in [0.4, 0.5) is 0 Å². The Morgan fingerprint density at radius 2 is 1.91 bits per heavy atom. The molecule has 0 atom stereocenters. The Hall–Kier alpha value is -2.28. The maximum atomic E-state index is 12.0. The molecule has 4 nitrogen and oxygen atoms in total. The number of rotatable bonds is 3. The minimum Gasteiger partial charge on any atom is -0.355 e. The number of hydrogen-bond donors (Lipinski definition) is 2. The molecular formula is C18H22N2O2. The van der Waals surface area contributed by atoms with Crippen molar-refractivity contribution in [2.75, 3.05) is 13.6 Å². The lowest BCUT2D eigenvalue weighted by Gasteiger charge is -2.19. The topological polar surface area (TPSA) is 58.2 Å². The van der Waals surface area contributed by atoms with E-state index in [1.807, 2.05) is 6.07 Å². The Labute approximate surface area is 131 Å². The van der Waals surface area contributed by atoms with Gasteiger partial charge in [-0.3, -0.25) is 9.59 Å². The van der Waals surface area contributed by atoms with Crippen LogP contribution in [0.5, 0.6) is 0 Å². The van der Waals surface area contributed by atoms with Crippen LogP contribution in [0, 0.1) is 17.8 Å². The Kier molecular flexibility index (Phi) is 6.02. The van der Waals surface area contributed by atoms with Gasteiger partial charge in [0.1, 0.15) is 0 Å². The highest BCUT2D eigenvalue weighted by atomic mass is 16.2. The fraction of sp³-hybridized carbons (Fsp3) is 0.444. The molecule has 1 fully saturated rings. The van der Waals surface area contributed by atoms with Crippen molar-refractivity contribution in [3.8, 4) is 11.8 Å². The summed E-state index contributed by atoms with van der Waals surface area (Å²) in [6.45, 7) is 0.317. The number of hydrogen-bond acceptors (Lipinski definition) is 2. The zero-order valence-corrected chi connectivity index (χ0v) is 12.9. The van der Waals surface area contributed by atoms with Crippen LogP contribution >= 0.6 is 0 Å². The van der Waals surface area contributed by atoms with Crippen molar-refractivity contribution in [1.82, 2.24) is 10.6 Å². The molecule has 4 heteroatoms. The van der Waals surface area contributed by atoms with Crippen LogP contribution in [-0.2, 0) is 4.79 Å². The van der Waals surface area contributed by atoms with Crippen molar-refractivity contribution in [3.05, 3.63) is 35.4 Å². The molecule has 0 radical (unpaired) electrons. The van der Waals surface area contributed by atoms with E-state index in [-0.39, 0.29) is 17.7 Å². The van der Waals surface area contributed by atoms with Gasteiger partial charge in [-0.1, -0.05) is 43.2 Å². The highest BCUT2D eigenvalue weighted by Gasteiger charge is 2.20. The highest BCUT2D eigenvalue weighted by molar-refractivity contribution is 5.96. The van der Waals surface area contributed by atoms with Crippen LogP contribution in [-0.4, -0.2) is 25.4 Å². The van der Waals surface area contributed by atoms with Crippen LogP contribution in [0.25, 0.3) is 0 Å². The van der Waals surface area contributed by atoms with Gasteiger partial charge in [0, 0.05) is 18.5 Å². The van der Waals surface area contributed by atoms with E-state index in [9.17, 15) is 9.59 Å². The molecule has 1 aliphatic rings. The minimum absolute atomic E-state index is 0.105. The summed E-state index contributed by atoms with van der Waals surface area (Å²) in [6.07, 6.45) is 5.49. The molecule has 0 aromatic heterocycles. The first-order valence-electron chi connectivity index (χ1n) is 7.80. The Bertz CT molecular complexity index is 593. The summed E-state index contributed by atoms with van der Waals surface area (Å²) in [4.78, 5) is 23.7. The smallest absolute Gasteiger partial charge is 0.252 e.